The third-order valence-corrected chi connectivity index (χ3v) is 5.78. The van der Waals surface area contributed by atoms with E-state index in [0.717, 1.165) is 36.6 Å². The Morgan fingerprint density at radius 3 is 2.22 bits per heavy atom. The summed E-state index contributed by atoms with van der Waals surface area (Å²) in [6.45, 7) is 8.81. The number of carbonyl (C=O) groups excluding carboxylic acids is 1. The van der Waals surface area contributed by atoms with Gasteiger partial charge in [0.15, 0.2) is 5.82 Å². The van der Waals surface area contributed by atoms with Crippen LogP contribution in [0.3, 0.4) is 0 Å². The van der Waals surface area contributed by atoms with Gasteiger partial charge in [0.05, 0.1) is 11.1 Å². The highest BCUT2D eigenvalue weighted by Gasteiger charge is 2.33. The molecule has 0 N–H and O–H groups in total. The van der Waals surface area contributed by atoms with E-state index in [1.54, 1.807) is 0 Å². The minimum Gasteiger partial charge on any atom is -0.352 e. The predicted octanol–water partition coefficient (Wildman–Crippen LogP) is 3.62. The standard InChI is InChI=1S/C21H27ClN4O/c1-4-16-5-7-17(8-6-16)18-9-10-19(24-23-18)25-11-13-26(14-12-25)20(27)21(2,3)15-22/h5-10H,4,11-15H2,1-3H3. The molecule has 1 aromatic carbocycles. The van der Waals surface area contributed by atoms with Crippen molar-refractivity contribution in [1.82, 2.24) is 15.1 Å². The Balaban J connectivity index is 1.62. The molecule has 2 heterocycles. The van der Waals surface area contributed by atoms with E-state index in [4.69, 9.17) is 11.6 Å². The maximum Gasteiger partial charge on any atom is 0.229 e. The molecule has 27 heavy (non-hydrogen) atoms. The smallest absolute Gasteiger partial charge is 0.229 e. The largest absolute Gasteiger partial charge is 0.352 e. The lowest BCUT2D eigenvalue weighted by atomic mass is 9.94. The van der Waals surface area contributed by atoms with E-state index in [1.165, 1.54) is 5.56 Å². The average molecular weight is 387 g/mol. The van der Waals surface area contributed by atoms with Gasteiger partial charge in [0.1, 0.15) is 0 Å². The summed E-state index contributed by atoms with van der Waals surface area (Å²) in [4.78, 5) is 16.6. The van der Waals surface area contributed by atoms with Gasteiger partial charge in [-0.25, -0.2) is 0 Å². The quantitative estimate of drug-likeness (QED) is 0.736. The molecule has 144 valence electrons. The average Bonchev–Trinajstić information content (AvgIpc) is 2.73. The molecule has 0 saturated carbocycles. The Bertz CT molecular complexity index is 766. The van der Waals surface area contributed by atoms with Gasteiger partial charge >= 0.3 is 0 Å². The van der Waals surface area contributed by atoms with E-state index >= 15 is 0 Å². The number of benzene rings is 1. The van der Waals surface area contributed by atoms with Crippen LogP contribution in [0.4, 0.5) is 5.82 Å². The zero-order valence-corrected chi connectivity index (χ0v) is 17.0. The second-order valence-electron chi connectivity index (χ2n) is 7.62. The van der Waals surface area contributed by atoms with Gasteiger partial charge < -0.3 is 9.80 Å². The Labute approximate surface area is 166 Å². The highest BCUT2D eigenvalue weighted by atomic mass is 35.5. The van der Waals surface area contributed by atoms with E-state index in [9.17, 15) is 4.79 Å². The van der Waals surface area contributed by atoms with Crippen molar-refractivity contribution < 1.29 is 4.79 Å². The first-order valence-electron chi connectivity index (χ1n) is 9.48. The van der Waals surface area contributed by atoms with Crippen molar-refractivity contribution in [2.75, 3.05) is 37.0 Å². The number of hydrogen-bond acceptors (Lipinski definition) is 4. The van der Waals surface area contributed by atoms with Crippen LogP contribution < -0.4 is 4.90 Å². The number of aromatic nitrogens is 2. The second kappa shape index (κ2) is 8.26. The molecule has 6 heteroatoms. The summed E-state index contributed by atoms with van der Waals surface area (Å²) in [5, 5.41) is 8.80. The predicted molar refractivity (Wildman–Crippen MR) is 110 cm³/mol. The lowest BCUT2D eigenvalue weighted by Crippen LogP contribution is -2.52. The molecular formula is C21H27ClN4O. The highest BCUT2D eigenvalue weighted by molar-refractivity contribution is 6.19. The number of hydrogen-bond donors (Lipinski definition) is 0. The van der Waals surface area contributed by atoms with E-state index in [1.807, 2.05) is 30.9 Å². The number of halogens is 1. The van der Waals surface area contributed by atoms with Crippen LogP contribution in [0.5, 0.6) is 0 Å². The molecular weight excluding hydrogens is 360 g/mol. The molecule has 0 unspecified atom stereocenters. The number of aryl methyl sites for hydroxylation is 1. The molecule has 3 rings (SSSR count). The normalized spacial score (nSPS) is 15.1. The minimum atomic E-state index is -0.515. The number of anilines is 1. The van der Waals surface area contributed by atoms with Gasteiger partial charge in [0.25, 0.3) is 0 Å². The third-order valence-electron chi connectivity index (χ3n) is 5.11. The Morgan fingerprint density at radius 1 is 1.04 bits per heavy atom. The number of rotatable bonds is 5. The maximum absolute atomic E-state index is 12.5. The van der Waals surface area contributed by atoms with E-state index < -0.39 is 5.41 Å². The summed E-state index contributed by atoms with van der Waals surface area (Å²) in [5.74, 6) is 1.31. The molecule has 5 nitrogen and oxygen atoms in total. The Hall–Kier alpha value is -2.14. The van der Waals surface area contributed by atoms with Crippen LogP contribution in [-0.4, -0.2) is 53.1 Å². The third kappa shape index (κ3) is 4.41. The van der Waals surface area contributed by atoms with Gasteiger partial charge in [0.2, 0.25) is 5.91 Å². The van der Waals surface area contributed by atoms with Gasteiger partial charge in [-0.2, -0.15) is 0 Å². The fourth-order valence-corrected chi connectivity index (χ4v) is 3.30. The molecule has 0 aliphatic carbocycles. The number of carbonyl (C=O) groups is 1. The van der Waals surface area contributed by atoms with Gasteiger partial charge in [0, 0.05) is 37.6 Å². The van der Waals surface area contributed by atoms with Crippen molar-refractivity contribution in [3.63, 3.8) is 0 Å². The monoisotopic (exact) mass is 386 g/mol. The summed E-state index contributed by atoms with van der Waals surface area (Å²) in [6, 6.07) is 12.5. The van der Waals surface area contributed by atoms with Crippen LogP contribution in [0.15, 0.2) is 36.4 Å². The van der Waals surface area contributed by atoms with Crippen molar-refractivity contribution in [2.24, 2.45) is 5.41 Å². The number of alkyl halides is 1. The first kappa shape index (κ1) is 19.6. The van der Waals surface area contributed by atoms with Crippen LogP contribution in [-0.2, 0) is 11.2 Å². The number of nitrogens with zero attached hydrogens (tertiary/aromatic N) is 4. The summed E-state index contributed by atoms with van der Waals surface area (Å²) < 4.78 is 0. The van der Waals surface area contributed by atoms with Crippen LogP contribution in [0, 0.1) is 5.41 Å². The highest BCUT2D eigenvalue weighted by Crippen LogP contribution is 2.23. The summed E-state index contributed by atoms with van der Waals surface area (Å²) in [6.07, 6.45) is 1.03. The topological polar surface area (TPSA) is 49.3 Å². The van der Waals surface area contributed by atoms with E-state index in [0.29, 0.717) is 19.0 Å². The van der Waals surface area contributed by atoms with Gasteiger partial charge in [-0.15, -0.1) is 21.8 Å². The van der Waals surface area contributed by atoms with Crippen molar-refractivity contribution in [3.05, 3.63) is 42.0 Å². The summed E-state index contributed by atoms with van der Waals surface area (Å²) in [7, 11) is 0. The molecule has 1 aliphatic rings. The fourth-order valence-electron chi connectivity index (χ4n) is 3.18. The van der Waals surface area contributed by atoms with E-state index in [2.05, 4.69) is 46.3 Å². The zero-order valence-electron chi connectivity index (χ0n) is 16.3. The van der Waals surface area contributed by atoms with Gasteiger partial charge in [-0.05, 0) is 38.0 Å². The first-order chi connectivity index (χ1) is 12.9. The van der Waals surface area contributed by atoms with Crippen LogP contribution >= 0.6 is 11.6 Å². The fraction of sp³-hybridized carbons (Fsp3) is 0.476. The lowest BCUT2D eigenvalue weighted by Gasteiger charge is -2.38. The van der Waals surface area contributed by atoms with E-state index in [-0.39, 0.29) is 5.91 Å². The van der Waals surface area contributed by atoms with Gasteiger partial charge in [-0.3, -0.25) is 4.79 Å². The van der Waals surface area contributed by atoms with Gasteiger partial charge in [-0.1, -0.05) is 31.2 Å². The number of amides is 1. The molecule has 1 aliphatic heterocycles. The molecule has 0 atom stereocenters. The maximum atomic E-state index is 12.5. The molecule has 2 aromatic rings. The second-order valence-corrected chi connectivity index (χ2v) is 7.89. The van der Waals surface area contributed by atoms with Crippen molar-refractivity contribution in [2.45, 2.75) is 27.2 Å². The van der Waals surface area contributed by atoms with Crippen LogP contribution in [0.2, 0.25) is 0 Å². The zero-order chi connectivity index (χ0) is 19.4. The lowest BCUT2D eigenvalue weighted by molar-refractivity contribution is -0.139. The molecule has 1 amide bonds. The SMILES string of the molecule is CCc1ccc(-c2ccc(N3CCN(C(=O)C(C)(C)CCl)CC3)nn2)cc1. The summed E-state index contributed by atoms with van der Waals surface area (Å²) in [5.41, 5.74) is 2.75. The molecule has 0 spiro atoms. The first-order valence-corrected chi connectivity index (χ1v) is 10.0. The molecule has 1 fully saturated rings. The molecule has 1 aromatic heterocycles. The molecule has 0 radical (unpaired) electrons. The minimum absolute atomic E-state index is 0.120. The Kier molecular flexibility index (Phi) is 6.00. The van der Waals surface area contributed by atoms with Crippen molar-refractivity contribution in [3.8, 4) is 11.3 Å². The number of piperazine rings is 1. The Morgan fingerprint density at radius 2 is 1.70 bits per heavy atom. The van der Waals surface area contributed by atoms with Crippen LogP contribution in [0.1, 0.15) is 26.3 Å². The molecule has 0 bridgehead atoms. The molecule has 1 saturated heterocycles. The summed E-state index contributed by atoms with van der Waals surface area (Å²) >= 11 is 5.94. The van der Waals surface area contributed by atoms with Crippen molar-refractivity contribution in [1.29, 1.82) is 0 Å². The van der Waals surface area contributed by atoms with Crippen molar-refractivity contribution >= 4 is 23.3 Å². The van der Waals surface area contributed by atoms with Crippen LogP contribution in [0.25, 0.3) is 11.3 Å².